The summed E-state index contributed by atoms with van der Waals surface area (Å²) in [5.41, 5.74) is 1.69. The number of thiazole rings is 1. The van der Waals surface area contributed by atoms with Crippen LogP contribution in [0.2, 0.25) is 0 Å². The van der Waals surface area contributed by atoms with Gasteiger partial charge in [-0.15, -0.1) is 21.5 Å². The highest BCUT2D eigenvalue weighted by Crippen LogP contribution is 2.21. The Kier molecular flexibility index (Phi) is 8.63. The number of ether oxygens (including phenoxy) is 2. The number of aromatic nitrogens is 4. The summed E-state index contributed by atoms with van der Waals surface area (Å²) in [6.07, 6.45) is 0.0853. The van der Waals surface area contributed by atoms with Gasteiger partial charge in [-0.25, -0.2) is 4.98 Å². The van der Waals surface area contributed by atoms with Gasteiger partial charge in [0.05, 0.1) is 24.5 Å². The van der Waals surface area contributed by atoms with Crippen LogP contribution in [0, 0.1) is 6.92 Å². The van der Waals surface area contributed by atoms with Crippen LogP contribution in [-0.4, -0.2) is 44.0 Å². The van der Waals surface area contributed by atoms with E-state index in [1.165, 1.54) is 23.1 Å². The Hall–Kier alpha value is -2.92. The number of benzene rings is 1. The van der Waals surface area contributed by atoms with Crippen LogP contribution in [0.1, 0.15) is 30.9 Å². The quantitative estimate of drug-likeness (QED) is 0.332. The first-order valence-electron chi connectivity index (χ1n) is 10.1. The minimum Gasteiger partial charge on any atom is -0.486 e. The molecule has 0 bridgehead atoms. The monoisotopic (exact) mass is 475 g/mol. The number of amides is 1. The zero-order valence-corrected chi connectivity index (χ0v) is 19.8. The molecule has 0 saturated carbocycles. The van der Waals surface area contributed by atoms with Crippen LogP contribution >= 0.6 is 23.1 Å². The number of carbonyl (C=O) groups excluding carboxylic acids is 2. The van der Waals surface area contributed by atoms with Crippen molar-refractivity contribution < 1.29 is 19.1 Å². The van der Waals surface area contributed by atoms with E-state index in [-0.39, 0.29) is 24.1 Å². The Labute approximate surface area is 194 Å². The van der Waals surface area contributed by atoms with Gasteiger partial charge in [-0.1, -0.05) is 23.9 Å². The van der Waals surface area contributed by atoms with Crippen LogP contribution in [0.5, 0.6) is 5.75 Å². The van der Waals surface area contributed by atoms with Gasteiger partial charge in [-0.3, -0.25) is 9.59 Å². The summed E-state index contributed by atoms with van der Waals surface area (Å²) >= 11 is 2.56. The topological polar surface area (TPSA) is 108 Å². The molecular formula is C21H25N5O4S2. The highest BCUT2D eigenvalue weighted by Gasteiger charge is 2.15. The molecule has 170 valence electrons. The summed E-state index contributed by atoms with van der Waals surface area (Å²) in [5.74, 6) is 1.07. The van der Waals surface area contributed by atoms with Crippen LogP contribution in [0.3, 0.4) is 0 Å². The average molecular weight is 476 g/mol. The number of hydrogen-bond acceptors (Lipinski definition) is 9. The Bertz CT molecular complexity index is 1070. The lowest BCUT2D eigenvalue weighted by Crippen LogP contribution is -2.15. The van der Waals surface area contributed by atoms with Crippen LogP contribution < -0.4 is 10.1 Å². The average Bonchev–Trinajstić information content (AvgIpc) is 3.37. The minimum absolute atomic E-state index is 0.0853. The van der Waals surface area contributed by atoms with Crippen molar-refractivity contribution in [3.63, 3.8) is 0 Å². The van der Waals surface area contributed by atoms with Gasteiger partial charge in [0.2, 0.25) is 5.91 Å². The molecule has 11 heteroatoms. The molecule has 32 heavy (non-hydrogen) atoms. The van der Waals surface area contributed by atoms with Crippen molar-refractivity contribution in [2.75, 3.05) is 17.7 Å². The fraction of sp³-hybridized carbons (Fsp3) is 0.381. The zero-order valence-electron chi connectivity index (χ0n) is 18.2. The molecule has 2 heterocycles. The van der Waals surface area contributed by atoms with Crippen molar-refractivity contribution in [3.05, 3.63) is 46.7 Å². The third kappa shape index (κ3) is 6.79. The van der Waals surface area contributed by atoms with Crippen LogP contribution in [0.15, 0.2) is 34.8 Å². The predicted octanol–water partition coefficient (Wildman–Crippen LogP) is 3.48. The Morgan fingerprint density at radius 2 is 2.09 bits per heavy atom. The van der Waals surface area contributed by atoms with Crippen molar-refractivity contribution in [3.8, 4) is 5.75 Å². The van der Waals surface area contributed by atoms with Gasteiger partial charge in [-0.2, -0.15) is 0 Å². The van der Waals surface area contributed by atoms with Crippen molar-refractivity contribution in [2.24, 2.45) is 0 Å². The van der Waals surface area contributed by atoms with Crippen molar-refractivity contribution in [1.82, 2.24) is 19.7 Å². The third-order valence-corrected chi connectivity index (χ3v) is 6.00. The molecule has 1 N–H and O–H groups in total. The van der Waals surface area contributed by atoms with Crippen molar-refractivity contribution >= 4 is 40.1 Å². The van der Waals surface area contributed by atoms with Gasteiger partial charge in [0, 0.05) is 11.9 Å². The van der Waals surface area contributed by atoms with Gasteiger partial charge >= 0.3 is 5.97 Å². The normalized spacial score (nSPS) is 10.7. The molecule has 1 aromatic carbocycles. The number of carbonyl (C=O) groups is 2. The fourth-order valence-corrected chi connectivity index (χ4v) is 4.34. The second kappa shape index (κ2) is 11.6. The Morgan fingerprint density at radius 3 is 2.84 bits per heavy atom. The van der Waals surface area contributed by atoms with Crippen LogP contribution in [0.25, 0.3) is 0 Å². The molecule has 0 saturated heterocycles. The lowest BCUT2D eigenvalue weighted by molar-refractivity contribution is -0.142. The minimum atomic E-state index is -0.340. The molecule has 9 nitrogen and oxygen atoms in total. The number of esters is 1. The molecular weight excluding hydrogens is 450 g/mol. The summed E-state index contributed by atoms with van der Waals surface area (Å²) < 4.78 is 12.7. The van der Waals surface area contributed by atoms with Crippen molar-refractivity contribution in [1.29, 1.82) is 0 Å². The largest absolute Gasteiger partial charge is 0.486 e. The molecule has 0 radical (unpaired) electrons. The van der Waals surface area contributed by atoms with Gasteiger partial charge in [0.25, 0.3) is 0 Å². The maximum atomic E-state index is 12.3. The fourth-order valence-electron chi connectivity index (χ4n) is 2.79. The lowest BCUT2D eigenvalue weighted by atomic mass is 10.2. The number of rotatable bonds is 11. The molecule has 0 aliphatic carbocycles. The number of thioether (sulfide) groups is 1. The van der Waals surface area contributed by atoms with Crippen LogP contribution in [0.4, 0.5) is 5.13 Å². The van der Waals surface area contributed by atoms with E-state index < -0.39 is 0 Å². The molecule has 0 unspecified atom stereocenters. The molecule has 0 spiro atoms. The molecule has 3 rings (SSSR count). The summed E-state index contributed by atoms with van der Waals surface area (Å²) in [7, 11) is 0. The molecule has 2 aromatic heterocycles. The van der Waals surface area contributed by atoms with E-state index in [9.17, 15) is 9.59 Å². The molecule has 3 aromatic rings. The summed E-state index contributed by atoms with van der Waals surface area (Å²) in [6, 6.07) is 7.81. The predicted molar refractivity (Wildman–Crippen MR) is 123 cm³/mol. The Balaban J connectivity index is 1.51. The van der Waals surface area contributed by atoms with E-state index in [2.05, 4.69) is 20.5 Å². The maximum Gasteiger partial charge on any atom is 0.311 e. The number of anilines is 1. The van der Waals surface area contributed by atoms with E-state index in [1.807, 2.05) is 42.7 Å². The van der Waals surface area contributed by atoms with Gasteiger partial charge in [-0.05, 0) is 38.5 Å². The zero-order chi connectivity index (χ0) is 22.9. The van der Waals surface area contributed by atoms with E-state index in [1.54, 1.807) is 12.3 Å². The van der Waals surface area contributed by atoms with E-state index in [0.717, 1.165) is 11.3 Å². The van der Waals surface area contributed by atoms with Gasteiger partial charge in [0.1, 0.15) is 12.4 Å². The highest BCUT2D eigenvalue weighted by atomic mass is 32.2. The SMILES string of the molecule is CCOC(=O)Cc1csc(NC(=O)CSc2nnc(COc3cccc(C)c3)n2CC)n1. The van der Waals surface area contributed by atoms with Gasteiger partial charge in [0.15, 0.2) is 16.1 Å². The summed E-state index contributed by atoms with van der Waals surface area (Å²) in [6.45, 7) is 7.03. The molecule has 1 amide bonds. The number of aryl methyl sites for hydroxylation is 1. The standard InChI is InChI=1S/C21H25N5O4S2/c1-4-26-17(11-30-16-8-6-7-14(3)9-16)24-25-21(26)32-13-18(27)23-20-22-15(12-31-20)10-19(28)29-5-2/h6-9,12H,4-5,10-11,13H2,1-3H3,(H,22,23,27). The van der Waals surface area contributed by atoms with E-state index >= 15 is 0 Å². The summed E-state index contributed by atoms with van der Waals surface area (Å²) in [5, 5.41) is 14.0. The second-order valence-electron chi connectivity index (χ2n) is 6.71. The van der Waals surface area contributed by atoms with Crippen LogP contribution in [-0.2, 0) is 33.9 Å². The number of nitrogens with zero attached hydrogens (tertiary/aromatic N) is 4. The summed E-state index contributed by atoms with van der Waals surface area (Å²) in [4.78, 5) is 28.1. The highest BCUT2D eigenvalue weighted by molar-refractivity contribution is 7.99. The van der Waals surface area contributed by atoms with E-state index in [0.29, 0.717) is 41.6 Å². The lowest BCUT2D eigenvalue weighted by Gasteiger charge is -2.09. The van der Waals surface area contributed by atoms with Gasteiger partial charge < -0.3 is 19.4 Å². The number of nitrogens with one attached hydrogen (secondary N) is 1. The third-order valence-electron chi connectivity index (χ3n) is 4.23. The number of hydrogen-bond donors (Lipinski definition) is 1. The first-order chi connectivity index (χ1) is 15.5. The molecule has 0 fully saturated rings. The van der Waals surface area contributed by atoms with Crippen molar-refractivity contribution in [2.45, 2.75) is 45.5 Å². The smallest absolute Gasteiger partial charge is 0.311 e. The Morgan fingerprint density at radius 1 is 1.25 bits per heavy atom. The molecule has 0 aliphatic heterocycles. The second-order valence-corrected chi connectivity index (χ2v) is 8.51. The van der Waals surface area contributed by atoms with E-state index in [4.69, 9.17) is 9.47 Å². The molecule has 0 aliphatic rings. The first kappa shape index (κ1) is 23.7. The maximum absolute atomic E-state index is 12.3. The first-order valence-corrected chi connectivity index (χ1v) is 12.0. The molecule has 0 atom stereocenters.